The van der Waals surface area contributed by atoms with Gasteiger partial charge in [0, 0.05) is 26.8 Å². The minimum atomic E-state index is -0.387. The third kappa shape index (κ3) is 4.70. The van der Waals surface area contributed by atoms with Crippen molar-refractivity contribution < 1.29 is 13.9 Å². The van der Waals surface area contributed by atoms with Gasteiger partial charge in [0.1, 0.15) is 5.82 Å². The van der Waals surface area contributed by atoms with Crippen LogP contribution in [0.25, 0.3) is 0 Å². The van der Waals surface area contributed by atoms with E-state index in [0.717, 1.165) is 50.9 Å². The number of rotatable bonds is 5. The Balaban J connectivity index is 1.88. The topological polar surface area (TPSA) is 41.6 Å². The van der Waals surface area contributed by atoms with Crippen molar-refractivity contribution in [1.82, 2.24) is 4.90 Å². The van der Waals surface area contributed by atoms with Crippen LogP contribution in [0.1, 0.15) is 31.2 Å². The number of amides is 2. The Kier molecular flexibility index (Phi) is 6.19. The molecule has 4 nitrogen and oxygen atoms in total. The summed E-state index contributed by atoms with van der Waals surface area (Å²) in [5.74, 6) is 0.125. The molecular weight excluding hydrogens is 283 g/mol. The Morgan fingerprint density at radius 3 is 3.05 bits per heavy atom. The van der Waals surface area contributed by atoms with Crippen molar-refractivity contribution in [3.05, 3.63) is 29.6 Å². The molecule has 1 atom stereocenters. The number of carbonyl (C=O) groups excluding carboxylic acids is 1. The number of ether oxygens (including phenoxy) is 1. The molecule has 122 valence electrons. The van der Waals surface area contributed by atoms with Crippen LogP contribution in [-0.4, -0.2) is 37.7 Å². The van der Waals surface area contributed by atoms with Crippen LogP contribution < -0.4 is 5.32 Å². The summed E-state index contributed by atoms with van der Waals surface area (Å²) in [6, 6.07) is 4.63. The van der Waals surface area contributed by atoms with E-state index < -0.39 is 0 Å². The van der Waals surface area contributed by atoms with E-state index in [4.69, 9.17) is 4.74 Å². The van der Waals surface area contributed by atoms with E-state index in [9.17, 15) is 9.18 Å². The van der Waals surface area contributed by atoms with Crippen molar-refractivity contribution in [2.75, 3.05) is 32.1 Å². The molecule has 1 aliphatic heterocycles. The fourth-order valence-electron chi connectivity index (χ4n) is 2.92. The predicted molar refractivity (Wildman–Crippen MR) is 85.6 cm³/mol. The van der Waals surface area contributed by atoms with E-state index in [2.05, 4.69) is 5.32 Å². The van der Waals surface area contributed by atoms with E-state index in [-0.39, 0.29) is 17.5 Å². The van der Waals surface area contributed by atoms with Crippen molar-refractivity contribution in [3.8, 4) is 0 Å². The minimum absolute atomic E-state index is 0.209. The van der Waals surface area contributed by atoms with Gasteiger partial charge in [-0.05, 0) is 56.2 Å². The number of benzene rings is 1. The van der Waals surface area contributed by atoms with Gasteiger partial charge in [0.15, 0.2) is 0 Å². The second kappa shape index (κ2) is 8.13. The van der Waals surface area contributed by atoms with Gasteiger partial charge in [0.05, 0.1) is 5.69 Å². The zero-order valence-corrected chi connectivity index (χ0v) is 13.4. The van der Waals surface area contributed by atoms with Gasteiger partial charge >= 0.3 is 6.03 Å². The first-order valence-corrected chi connectivity index (χ1v) is 7.91. The smallest absolute Gasteiger partial charge is 0.321 e. The molecule has 1 aromatic rings. The van der Waals surface area contributed by atoms with Crippen molar-refractivity contribution in [3.63, 3.8) is 0 Å². The third-order valence-electron chi connectivity index (χ3n) is 4.13. The van der Waals surface area contributed by atoms with Crippen molar-refractivity contribution in [1.29, 1.82) is 0 Å². The lowest BCUT2D eigenvalue weighted by Crippen LogP contribution is -2.42. The number of halogens is 1. The largest absolute Gasteiger partial charge is 0.385 e. The molecule has 22 heavy (non-hydrogen) atoms. The van der Waals surface area contributed by atoms with Gasteiger partial charge in [-0.25, -0.2) is 9.18 Å². The zero-order chi connectivity index (χ0) is 15.9. The highest BCUT2D eigenvalue weighted by molar-refractivity contribution is 5.89. The van der Waals surface area contributed by atoms with Gasteiger partial charge < -0.3 is 15.0 Å². The summed E-state index contributed by atoms with van der Waals surface area (Å²) in [7, 11) is 1.71. The van der Waals surface area contributed by atoms with E-state index in [1.807, 2.05) is 6.92 Å². The second-order valence-electron chi connectivity index (χ2n) is 6.00. The van der Waals surface area contributed by atoms with E-state index in [1.54, 1.807) is 24.1 Å². The first kappa shape index (κ1) is 16.7. The molecule has 1 fully saturated rings. The molecule has 2 amide bonds. The quantitative estimate of drug-likeness (QED) is 0.841. The number of likely N-dealkylation sites (tertiary alicyclic amines) is 1. The standard InChI is InChI=1S/C17H25FN2O2/c1-13-7-8-16(15(18)11-13)19-17(21)20-9-3-5-14(12-20)6-4-10-22-2/h7-8,11,14H,3-6,9-10,12H2,1-2H3,(H,19,21)/t14-/m1/s1. The molecule has 1 heterocycles. The summed E-state index contributed by atoms with van der Waals surface area (Å²) < 4.78 is 18.9. The molecular formula is C17H25FN2O2. The van der Waals surface area contributed by atoms with Crippen molar-refractivity contribution >= 4 is 11.7 Å². The number of aryl methyl sites for hydroxylation is 1. The number of hydrogen-bond donors (Lipinski definition) is 1. The van der Waals surface area contributed by atoms with Crippen LogP contribution in [-0.2, 0) is 4.74 Å². The van der Waals surface area contributed by atoms with Crippen LogP contribution in [0.3, 0.4) is 0 Å². The Morgan fingerprint density at radius 2 is 2.32 bits per heavy atom. The zero-order valence-electron chi connectivity index (χ0n) is 13.4. The maximum atomic E-state index is 13.8. The molecule has 1 saturated heterocycles. The summed E-state index contributed by atoms with van der Waals surface area (Å²) in [6.45, 7) is 4.06. The fourth-order valence-corrected chi connectivity index (χ4v) is 2.92. The number of nitrogens with one attached hydrogen (secondary N) is 1. The van der Waals surface area contributed by atoms with Gasteiger partial charge in [0.2, 0.25) is 0 Å². The molecule has 0 aliphatic carbocycles. The highest BCUT2D eigenvalue weighted by Gasteiger charge is 2.23. The van der Waals surface area contributed by atoms with E-state index in [0.29, 0.717) is 5.92 Å². The number of methoxy groups -OCH3 is 1. The highest BCUT2D eigenvalue weighted by Crippen LogP contribution is 2.22. The third-order valence-corrected chi connectivity index (χ3v) is 4.13. The highest BCUT2D eigenvalue weighted by atomic mass is 19.1. The Bertz CT molecular complexity index is 507. The molecule has 5 heteroatoms. The summed E-state index contributed by atoms with van der Waals surface area (Å²) in [6.07, 6.45) is 4.23. The Hall–Kier alpha value is -1.62. The van der Waals surface area contributed by atoms with Crippen LogP contribution in [0.2, 0.25) is 0 Å². The number of hydrogen-bond acceptors (Lipinski definition) is 2. The summed E-state index contributed by atoms with van der Waals surface area (Å²) in [5.41, 5.74) is 1.09. The molecule has 0 radical (unpaired) electrons. The molecule has 0 bridgehead atoms. The van der Waals surface area contributed by atoms with Crippen LogP contribution in [0.15, 0.2) is 18.2 Å². The van der Waals surface area contributed by atoms with Crippen molar-refractivity contribution in [2.45, 2.75) is 32.6 Å². The number of anilines is 1. The summed E-state index contributed by atoms with van der Waals surface area (Å²) in [5, 5.41) is 2.68. The van der Waals surface area contributed by atoms with Crippen LogP contribution in [0, 0.1) is 18.7 Å². The molecule has 0 aromatic heterocycles. The van der Waals surface area contributed by atoms with Crippen LogP contribution in [0.5, 0.6) is 0 Å². The first-order chi connectivity index (χ1) is 10.6. The van der Waals surface area contributed by atoms with Gasteiger partial charge in [-0.2, -0.15) is 0 Å². The Morgan fingerprint density at radius 1 is 1.50 bits per heavy atom. The molecule has 1 aliphatic rings. The first-order valence-electron chi connectivity index (χ1n) is 7.91. The number of carbonyl (C=O) groups is 1. The second-order valence-corrected chi connectivity index (χ2v) is 6.00. The summed E-state index contributed by atoms with van der Waals surface area (Å²) in [4.78, 5) is 14.1. The Labute approximate surface area is 131 Å². The number of nitrogens with zero attached hydrogens (tertiary/aromatic N) is 1. The minimum Gasteiger partial charge on any atom is -0.385 e. The molecule has 2 rings (SSSR count). The van der Waals surface area contributed by atoms with Gasteiger partial charge in [-0.15, -0.1) is 0 Å². The average molecular weight is 308 g/mol. The SMILES string of the molecule is COCCC[C@H]1CCCN(C(=O)Nc2ccc(C)cc2F)C1. The molecule has 0 spiro atoms. The maximum Gasteiger partial charge on any atom is 0.321 e. The lowest BCUT2D eigenvalue weighted by atomic mass is 9.94. The molecule has 0 unspecified atom stereocenters. The average Bonchev–Trinajstić information content (AvgIpc) is 2.50. The van der Waals surface area contributed by atoms with E-state index in [1.165, 1.54) is 6.07 Å². The monoisotopic (exact) mass is 308 g/mol. The molecule has 1 aromatic carbocycles. The lowest BCUT2D eigenvalue weighted by molar-refractivity contribution is 0.156. The molecule has 0 saturated carbocycles. The lowest BCUT2D eigenvalue weighted by Gasteiger charge is -2.32. The fraction of sp³-hybridized carbons (Fsp3) is 0.588. The molecule has 1 N–H and O–H groups in total. The predicted octanol–water partition coefficient (Wildman–Crippen LogP) is 3.80. The van der Waals surface area contributed by atoms with Gasteiger partial charge in [0.25, 0.3) is 0 Å². The maximum absolute atomic E-state index is 13.8. The number of piperidine rings is 1. The van der Waals surface area contributed by atoms with Crippen LogP contribution in [0.4, 0.5) is 14.9 Å². The summed E-state index contributed by atoms with van der Waals surface area (Å²) >= 11 is 0. The normalized spacial score (nSPS) is 18.3. The number of urea groups is 1. The van der Waals surface area contributed by atoms with Crippen molar-refractivity contribution in [2.24, 2.45) is 5.92 Å². The van der Waals surface area contributed by atoms with E-state index >= 15 is 0 Å². The van der Waals surface area contributed by atoms with Gasteiger partial charge in [-0.1, -0.05) is 6.07 Å². The van der Waals surface area contributed by atoms with Crippen LogP contribution >= 0.6 is 0 Å². The van der Waals surface area contributed by atoms with Gasteiger partial charge in [-0.3, -0.25) is 0 Å².